The standard InChI is InChI=1S/C11H11BrF3N3/c1-7-6-9(11(13,14)15)16-18(7)10-8(12)4-3-5-17(10)2/h3-6,10H,1-2H3. The first kappa shape index (κ1) is 13.2. The highest BCUT2D eigenvalue weighted by Crippen LogP contribution is 2.33. The van der Waals surface area contributed by atoms with Crippen molar-refractivity contribution in [3.8, 4) is 0 Å². The average Bonchev–Trinajstić information content (AvgIpc) is 2.60. The molecule has 1 aliphatic rings. The lowest BCUT2D eigenvalue weighted by Crippen LogP contribution is -2.28. The van der Waals surface area contributed by atoms with Crippen molar-refractivity contribution in [2.45, 2.75) is 19.3 Å². The van der Waals surface area contributed by atoms with Gasteiger partial charge in [-0.15, -0.1) is 0 Å². The number of aryl methyl sites for hydroxylation is 1. The van der Waals surface area contributed by atoms with Gasteiger partial charge >= 0.3 is 6.18 Å². The summed E-state index contributed by atoms with van der Waals surface area (Å²) >= 11 is 3.35. The molecule has 0 fully saturated rings. The highest BCUT2D eigenvalue weighted by molar-refractivity contribution is 9.11. The molecule has 1 atom stereocenters. The van der Waals surface area contributed by atoms with Crippen molar-refractivity contribution < 1.29 is 13.2 Å². The lowest BCUT2D eigenvalue weighted by atomic mass is 10.3. The first-order valence-electron chi connectivity index (χ1n) is 5.20. The molecule has 0 bridgehead atoms. The van der Waals surface area contributed by atoms with Crippen molar-refractivity contribution in [2.75, 3.05) is 7.05 Å². The summed E-state index contributed by atoms with van der Waals surface area (Å²) in [5.74, 6) is 0. The van der Waals surface area contributed by atoms with Crippen LogP contribution in [0.3, 0.4) is 0 Å². The molecule has 7 heteroatoms. The number of alkyl halides is 3. The Labute approximate surface area is 111 Å². The van der Waals surface area contributed by atoms with Gasteiger partial charge in [-0.1, -0.05) is 15.9 Å². The van der Waals surface area contributed by atoms with Crippen LogP contribution in [0.2, 0.25) is 0 Å². The molecule has 2 rings (SSSR count). The fraction of sp³-hybridized carbons (Fsp3) is 0.364. The third kappa shape index (κ3) is 2.31. The van der Waals surface area contributed by atoms with Crippen LogP contribution in [0.4, 0.5) is 13.2 Å². The second-order valence-corrected chi connectivity index (χ2v) is 4.96. The lowest BCUT2D eigenvalue weighted by Gasteiger charge is -2.30. The Kier molecular flexibility index (Phi) is 3.27. The number of likely N-dealkylation sites (N-methyl/N-ethyl adjacent to an activating group) is 1. The first-order valence-corrected chi connectivity index (χ1v) is 5.99. The fourth-order valence-corrected chi connectivity index (χ4v) is 2.47. The zero-order valence-electron chi connectivity index (χ0n) is 9.74. The van der Waals surface area contributed by atoms with Crippen LogP contribution >= 0.6 is 15.9 Å². The largest absolute Gasteiger partial charge is 0.435 e. The van der Waals surface area contributed by atoms with Gasteiger partial charge in [-0.3, -0.25) is 0 Å². The molecule has 0 saturated heterocycles. The summed E-state index contributed by atoms with van der Waals surface area (Å²) in [6, 6.07) is 1.05. The van der Waals surface area contributed by atoms with E-state index in [1.54, 1.807) is 31.1 Å². The van der Waals surface area contributed by atoms with Crippen molar-refractivity contribution in [2.24, 2.45) is 0 Å². The Morgan fingerprint density at radius 1 is 1.39 bits per heavy atom. The predicted molar refractivity (Wildman–Crippen MR) is 64.9 cm³/mol. The predicted octanol–water partition coefficient (Wildman–Crippen LogP) is 3.45. The third-order valence-corrected chi connectivity index (χ3v) is 3.33. The number of halogens is 4. The topological polar surface area (TPSA) is 21.1 Å². The van der Waals surface area contributed by atoms with Crippen LogP contribution in [0.25, 0.3) is 0 Å². The monoisotopic (exact) mass is 321 g/mol. The summed E-state index contributed by atoms with van der Waals surface area (Å²) in [5.41, 5.74) is -0.414. The van der Waals surface area contributed by atoms with Crippen molar-refractivity contribution in [3.63, 3.8) is 0 Å². The molecule has 0 amide bonds. The Morgan fingerprint density at radius 3 is 2.56 bits per heavy atom. The second-order valence-electron chi connectivity index (χ2n) is 4.05. The molecule has 1 aromatic rings. The van der Waals surface area contributed by atoms with Crippen LogP contribution in [-0.2, 0) is 6.18 Å². The van der Waals surface area contributed by atoms with Gasteiger partial charge in [0.05, 0.1) is 0 Å². The second kappa shape index (κ2) is 4.46. The van der Waals surface area contributed by atoms with E-state index in [4.69, 9.17) is 0 Å². The molecule has 0 saturated carbocycles. The zero-order chi connectivity index (χ0) is 13.5. The summed E-state index contributed by atoms with van der Waals surface area (Å²) in [4.78, 5) is 1.78. The zero-order valence-corrected chi connectivity index (χ0v) is 11.3. The maximum absolute atomic E-state index is 12.6. The van der Waals surface area contributed by atoms with E-state index in [0.29, 0.717) is 5.69 Å². The van der Waals surface area contributed by atoms with Crippen molar-refractivity contribution in [3.05, 3.63) is 40.3 Å². The Balaban J connectivity index is 2.43. The maximum atomic E-state index is 12.6. The van der Waals surface area contributed by atoms with Crippen LogP contribution in [-0.4, -0.2) is 21.7 Å². The summed E-state index contributed by atoms with van der Waals surface area (Å²) in [6.45, 7) is 1.61. The minimum absolute atomic E-state index is 0.383. The smallest absolute Gasteiger partial charge is 0.355 e. The van der Waals surface area contributed by atoms with E-state index in [9.17, 15) is 13.2 Å². The molecule has 0 aromatic carbocycles. The summed E-state index contributed by atoms with van der Waals surface area (Å²) in [6.07, 6.45) is 0.577. The lowest BCUT2D eigenvalue weighted by molar-refractivity contribution is -0.141. The van der Waals surface area contributed by atoms with Crippen molar-refractivity contribution in [1.82, 2.24) is 14.7 Å². The molecular formula is C11H11BrF3N3. The van der Waals surface area contributed by atoms with Gasteiger partial charge in [0.1, 0.15) is 0 Å². The minimum Gasteiger partial charge on any atom is -0.355 e. The maximum Gasteiger partial charge on any atom is 0.435 e. The molecule has 1 unspecified atom stereocenters. The van der Waals surface area contributed by atoms with Gasteiger partial charge in [-0.25, -0.2) is 4.68 Å². The number of allylic oxidation sites excluding steroid dienone is 2. The fourth-order valence-electron chi connectivity index (χ4n) is 1.80. The van der Waals surface area contributed by atoms with E-state index >= 15 is 0 Å². The van der Waals surface area contributed by atoms with E-state index in [-0.39, 0.29) is 6.17 Å². The number of aromatic nitrogens is 2. The van der Waals surface area contributed by atoms with Crippen LogP contribution in [0, 0.1) is 6.92 Å². The first-order chi connectivity index (χ1) is 8.30. The molecule has 0 spiro atoms. The molecule has 0 aliphatic carbocycles. The molecule has 0 N–H and O–H groups in total. The van der Waals surface area contributed by atoms with Crippen molar-refractivity contribution in [1.29, 1.82) is 0 Å². The number of hydrogen-bond donors (Lipinski definition) is 0. The van der Waals surface area contributed by atoms with E-state index in [1.807, 2.05) is 6.08 Å². The quantitative estimate of drug-likeness (QED) is 0.790. The van der Waals surface area contributed by atoms with Crippen LogP contribution in [0.1, 0.15) is 17.6 Å². The van der Waals surface area contributed by atoms with Gasteiger partial charge in [0.25, 0.3) is 0 Å². The molecule has 2 heterocycles. The summed E-state index contributed by atoms with van der Waals surface area (Å²) in [7, 11) is 1.78. The molecule has 1 aliphatic heterocycles. The average molecular weight is 322 g/mol. The van der Waals surface area contributed by atoms with E-state index < -0.39 is 11.9 Å². The summed E-state index contributed by atoms with van der Waals surface area (Å²) < 4.78 is 39.9. The molecule has 98 valence electrons. The number of hydrogen-bond acceptors (Lipinski definition) is 2. The van der Waals surface area contributed by atoms with Gasteiger partial charge < -0.3 is 4.90 Å². The third-order valence-electron chi connectivity index (χ3n) is 2.65. The van der Waals surface area contributed by atoms with Crippen LogP contribution in [0.5, 0.6) is 0 Å². The van der Waals surface area contributed by atoms with E-state index in [1.165, 1.54) is 4.68 Å². The SMILES string of the molecule is Cc1cc(C(F)(F)F)nn1C1C(Br)=CC=CN1C. The van der Waals surface area contributed by atoms with Crippen LogP contribution in [0.15, 0.2) is 28.9 Å². The summed E-state index contributed by atoms with van der Waals surface area (Å²) in [5, 5.41) is 3.65. The van der Waals surface area contributed by atoms with Crippen LogP contribution < -0.4 is 0 Å². The van der Waals surface area contributed by atoms with E-state index in [2.05, 4.69) is 21.0 Å². The Bertz CT molecular complexity index is 516. The minimum atomic E-state index is -4.42. The van der Waals surface area contributed by atoms with Gasteiger partial charge in [0.2, 0.25) is 0 Å². The number of rotatable bonds is 1. The van der Waals surface area contributed by atoms with Gasteiger partial charge in [0.15, 0.2) is 11.9 Å². The van der Waals surface area contributed by atoms with E-state index in [0.717, 1.165) is 10.5 Å². The molecule has 0 radical (unpaired) electrons. The van der Waals surface area contributed by atoms with Crippen molar-refractivity contribution >= 4 is 15.9 Å². The Hall–Kier alpha value is -1.24. The molecular weight excluding hydrogens is 311 g/mol. The molecule has 1 aromatic heterocycles. The molecule has 3 nitrogen and oxygen atoms in total. The normalized spacial score (nSPS) is 20.2. The Morgan fingerprint density at radius 2 is 2.06 bits per heavy atom. The van der Waals surface area contributed by atoms with Gasteiger partial charge in [-0.05, 0) is 25.1 Å². The highest BCUT2D eigenvalue weighted by atomic mass is 79.9. The number of nitrogens with zero attached hydrogens (tertiary/aromatic N) is 3. The van der Waals surface area contributed by atoms with Gasteiger partial charge in [-0.2, -0.15) is 18.3 Å². The van der Waals surface area contributed by atoms with Gasteiger partial charge in [0, 0.05) is 23.4 Å². The molecule has 18 heavy (non-hydrogen) atoms. The highest BCUT2D eigenvalue weighted by Gasteiger charge is 2.35.